The van der Waals surface area contributed by atoms with E-state index in [9.17, 15) is 4.79 Å². The largest absolute Gasteiger partial charge is 0.399 e. The van der Waals surface area contributed by atoms with Crippen LogP contribution < -0.4 is 11.0 Å². The molecule has 16 heavy (non-hydrogen) atoms. The second-order valence-corrected chi connectivity index (χ2v) is 3.96. The lowest BCUT2D eigenvalue weighted by atomic mass is 9.92. The zero-order valence-corrected chi connectivity index (χ0v) is 9.86. The van der Waals surface area contributed by atoms with Crippen molar-refractivity contribution in [3.05, 3.63) is 29.3 Å². The minimum atomic E-state index is 0.283. The molecule has 0 aliphatic rings. The highest BCUT2D eigenvalue weighted by Gasteiger charge is 2.08. The van der Waals surface area contributed by atoms with Gasteiger partial charge in [0, 0.05) is 11.7 Å². The zero-order valence-electron chi connectivity index (χ0n) is 9.86. The second-order valence-electron chi connectivity index (χ2n) is 3.96. The minimum absolute atomic E-state index is 0.283. The van der Waals surface area contributed by atoms with Crippen LogP contribution in [0.15, 0.2) is 18.2 Å². The van der Waals surface area contributed by atoms with E-state index in [2.05, 4.69) is 19.1 Å². The molecule has 0 saturated heterocycles. The maximum Gasteiger partial charge on any atom is 0.290 e. The van der Waals surface area contributed by atoms with E-state index in [0.29, 0.717) is 0 Å². The van der Waals surface area contributed by atoms with E-state index < -0.39 is 0 Å². The number of anilines is 1. The van der Waals surface area contributed by atoms with Crippen molar-refractivity contribution in [1.82, 2.24) is 5.23 Å². The average molecular weight is 217 g/mol. The molecular weight excluding hydrogens is 199 g/mol. The van der Waals surface area contributed by atoms with Crippen LogP contribution in [0.4, 0.5) is 5.69 Å². The van der Waals surface area contributed by atoms with Crippen molar-refractivity contribution in [3.8, 4) is 0 Å². The molecular formula is C12H18BN2O. The molecule has 1 aromatic carbocycles. The highest BCUT2D eigenvalue weighted by Crippen LogP contribution is 2.15. The van der Waals surface area contributed by atoms with Crippen LogP contribution in [0, 0.1) is 6.92 Å². The van der Waals surface area contributed by atoms with Gasteiger partial charge in [0.1, 0.15) is 0 Å². The number of nitrogen functional groups attached to an aromatic ring is 1. The molecule has 0 aliphatic heterocycles. The van der Waals surface area contributed by atoms with Crippen LogP contribution in [0.2, 0.25) is 0 Å². The normalized spacial score (nSPS) is 12.1. The first-order chi connectivity index (χ1) is 7.67. The molecule has 0 aromatic heterocycles. The molecule has 0 saturated carbocycles. The van der Waals surface area contributed by atoms with Gasteiger partial charge in [0.2, 0.25) is 0 Å². The number of aryl methyl sites for hydroxylation is 1. The van der Waals surface area contributed by atoms with E-state index in [1.165, 1.54) is 18.5 Å². The van der Waals surface area contributed by atoms with Gasteiger partial charge in [-0.3, -0.25) is 0 Å². The van der Waals surface area contributed by atoms with Crippen LogP contribution >= 0.6 is 0 Å². The van der Waals surface area contributed by atoms with E-state index in [-0.39, 0.29) is 6.04 Å². The van der Waals surface area contributed by atoms with Crippen molar-refractivity contribution in [2.75, 3.05) is 5.73 Å². The number of hydrogen-bond donors (Lipinski definition) is 2. The monoisotopic (exact) mass is 217 g/mol. The number of rotatable bonds is 6. The first-order valence-corrected chi connectivity index (χ1v) is 5.55. The highest BCUT2D eigenvalue weighted by molar-refractivity contribution is 6.64. The number of carbonyl (C=O) groups is 1. The van der Waals surface area contributed by atoms with Crippen LogP contribution in [-0.4, -0.2) is 19.6 Å². The molecule has 4 heteroatoms. The van der Waals surface area contributed by atoms with E-state index in [1.807, 2.05) is 18.2 Å². The molecule has 0 amide bonds. The quantitative estimate of drug-likeness (QED) is 0.429. The van der Waals surface area contributed by atoms with Gasteiger partial charge in [-0.15, -0.1) is 0 Å². The molecule has 0 heterocycles. The molecule has 0 aliphatic carbocycles. The van der Waals surface area contributed by atoms with E-state index in [1.54, 1.807) is 0 Å². The summed E-state index contributed by atoms with van der Waals surface area (Å²) in [5.41, 5.74) is 9.02. The number of nitrogens with two attached hydrogens (primary N) is 1. The Kier molecular flexibility index (Phi) is 5.06. The Bertz CT molecular complexity index is 355. The van der Waals surface area contributed by atoms with Crippen LogP contribution in [0.1, 0.15) is 24.5 Å². The van der Waals surface area contributed by atoms with Crippen LogP contribution in [0.25, 0.3) is 0 Å². The Labute approximate surface area is 97.7 Å². The lowest BCUT2D eigenvalue weighted by Gasteiger charge is -2.17. The van der Waals surface area contributed by atoms with Gasteiger partial charge >= 0.3 is 0 Å². The Morgan fingerprint density at radius 3 is 2.94 bits per heavy atom. The number of hydrogen-bond acceptors (Lipinski definition) is 3. The van der Waals surface area contributed by atoms with Gasteiger partial charge in [0.15, 0.2) is 0 Å². The number of benzene rings is 1. The molecule has 1 rings (SSSR count). The number of nitrogens with one attached hydrogen (secondary N) is 1. The maximum absolute atomic E-state index is 10.3. The Balaban J connectivity index is 2.69. The summed E-state index contributed by atoms with van der Waals surface area (Å²) in [4.78, 5) is 10.3. The van der Waals surface area contributed by atoms with Gasteiger partial charge in [0.05, 0.1) is 6.19 Å². The molecule has 0 fully saturated rings. The molecule has 0 spiro atoms. The van der Waals surface area contributed by atoms with Crippen molar-refractivity contribution in [2.45, 2.75) is 32.7 Å². The Morgan fingerprint density at radius 1 is 1.56 bits per heavy atom. The van der Waals surface area contributed by atoms with E-state index >= 15 is 0 Å². The van der Waals surface area contributed by atoms with Gasteiger partial charge < -0.3 is 15.8 Å². The molecule has 0 bridgehead atoms. The van der Waals surface area contributed by atoms with Crippen molar-refractivity contribution in [3.63, 3.8) is 0 Å². The van der Waals surface area contributed by atoms with Crippen LogP contribution in [0.5, 0.6) is 0 Å². The van der Waals surface area contributed by atoms with Gasteiger partial charge in [-0.2, -0.15) is 0 Å². The standard InChI is InChI=1S/C12H18BN2O/c1-3-12(15-13-8-16)7-10-6-11(14)5-4-9(10)2/h4-6,8,12,15H,3,7,14H2,1-2H3/t12-/m0/s1. The minimum Gasteiger partial charge on any atom is -0.399 e. The third-order valence-corrected chi connectivity index (χ3v) is 2.73. The Hall–Kier alpha value is -1.29. The fourth-order valence-corrected chi connectivity index (χ4v) is 1.67. The third-order valence-electron chi connectivity index (χ3n) is 2.73. The summed E-state index contributed by atoms with van der Waals surface area (Å²) in [6.45, 7) is 4.17. The highest BCUT2D eigenvalue weighted by atomic mass is 16.1. The van der Waals surface area contributed by atoms with Crippen molar-refractivity contribution >= 4 is 19.3 Å². The first kappa shape index (κ1) is 12.8. The molecule has 0 unspecified atom stereocenters. The average Bonchev–Trinajstić information content (AvgIpc) is 2.28. The fraction of sp³-hybridized carbons (Fsp3) is 0.417. The molecule has 85 valence electrons. The van der Waals surface area contributed by atoms with Crippen molar-refractivity contribution < 1.29 is 4.79 Å². The summed E-state index contributed by atoms with van der Waals surface area (Å²) in [5.74, 6) is 0. The maximum atomic E-state index is 10.3. The van der Waals surface area contributed by atoms with E-state index in [0.717, 1.165) is 24.7 Å². The Morgan fingerprint density at radius 2 is 2.31 bits per heavy atom. The van der Waals surface area contributed by atoms with E-state index in [4.69, 9.17) is 5.73 Å². The summed E-state index contributed by atoms with van der Waals surface area (Å²) in [6.07, 6.45) is 2.63. The summed E-state index contributed by atoms with van der Waals surface area (Å²) in [7, 11) is 1.45. The number of carbonyl (C=O) groups excluding carboxylic acids is 1. The predicted octanol–water partition coefficient (Wildman–Crippen LogP) is 1.30. The fourth-order valence-electron chi connectivity index (χ4n) is 1.67. The lowest BCUT2D eigenvalue weighted by molar-refractivity contribution is 0.563. The molecule has 1 atom stereocenters. The second kappa shape index (κ2) is 6.33. The summed E-state index contributed by atoms with van der Waals surface area (Å²) < 4.78 is 0. The van der Waals surface area contributed by atoms with Crippen molar-refractivity contribution in [1.29, 1.82) is 0 Å². The van der Waals surface area contributed by atoms with Gasteiger partial charge in [0.25, 0.3) is 7.41 Å². The summed E-state index contributed by atoms with van der Waals surface area (Å²) >= 11 is 0. The summed E-state index contributed by atoms with van der Waals surface area (Å²) in [6, 6.07) is 6.22. The zero-order chi connectivity index (χ0) is 12.0. The molecule has 3 nitrogen and oxygen atoms in total. The summed E-state index contributed by atoms with van der Waals surface area (Å²) in [5, 5.41) is 3.08. The molecule has 3 N–H and O–H groups in total. The first-order valence-electron chi connectivity index (χ1n) is 5.55. The van der Waals surface area contributed by atoms with Gasteiger partial charge in [-0.05, 0) is 43.0 Å². The van der Waals surface area contributed by atoms with Gasteiger partial charge in [-0.25, -0.2) is 0 Å². The molecule has 1 aromatic rings. The van der Waals surface area contributed by atoms with Crippen LogP contribution in [-0.2, 0) is 11.2 Å². The van der Waals surface area contributed by atoms with Gasteiger partial charge in [-0.1, -0.05) is 13.0 Å². The van der Waals surface area contributed by atoms with Crippen LogP contribution in [0.3, 0.4) is 0 Å². The lowest BCUT2D eigenvalue weighted by Crippen LogP contribution is -2.34. The topological polar surface area (TPSA) is 55.1 Å². The third kappa shape index (κ3) is 3.70. The predicted molar refractivity (Wildman–Crippen MR) is 69.0 cm³/mol. The SMILES string of the molecule is CC[C@@H](Cc1cc(N)ccc1C)N[B]C=O. The van der Waals surface area contributed by atoms with Crippen molar-refractivity contribution in [2.24, 2.45) is 0 Å². The smallest absolute Gasteiger partial charge is 0.290 e. The molecule has 1 radical (unpaired) electrons.